The number of hydrogen-bond acceptors (Lipinski definition) is 3. The van der Waals surface area contributed by atoms with Gasteiger partial charge in [-0.15, -0.1) is 0 Å². The highest BCUT2D eigenvalue weighted by atomic mass is 35.7. The number of nitrogens with zero attached hydrogens (tertiary/aromatic N) is 1. The van der Waals surface area contributed by atoms with Crippen molar-refractivity contribution in [3.05, 3.63) is 24.3 Å². The summed E-state index contributed by atoms with van der Waals surface area (Å²) in [6.45, 7) is -3.25. The van der Waals surface area contributed by atoms with Gasteiger partial charge in [0.15, 0.2) is 0 Å². The first-order chi connectivity index (χ1) is 6.95. The van der Waals surface area contributed by atoms with Gasteiger partial charge in [-0.3, -0.25) is 0 Å². The third-order valence-electron chi connectivity index (χ3n) is 1.76. The van der Waals surface area contributed by atoms with Gasteiger partial charge in [0, 0.05) is 11.2 Å². The second-order valence-corrected chi connectivity index (χ2v) is 6.23. The first-order valence-corrected chi connectivity index (χ1v) is 6.75. The summed E-state index contributed by atoms with van der Waals surface area (Å²) < 4.78 is 23.2. The van der Waals surface area contributed by atoms with Gasteiger partial charge in [-0.1, -0.05) is 0 Å². The zero-order chi connectivity index (χ0) is 11.5. The average Bonchev–Trinajstić information content (AvgIpc) is 2.18. The number of methoxy groups -OCH3 is 1. The molecule has 0 unspecified atom stereocenters. The van der Waals surface area contributed by atoms with E-state index in [0.29, 0.717) is 11.5 Å². The highest BCUT2D eigenvalue weighted by Gasteiger charge is 2.24. The Morgan fingerprint density at radius 3 is 2.07 bits per heavy atom. The van der Waals surface area contributed by atoms with Crippen LogP contribution in [-0.4, -0.2) is 25.9 Å². The molecule has 0 aromatic heterocycles. The van der Waals surface area contributed by atoms with Gasteiger partial charge in [0.25, 0.3) is 0 Å². The Morgan fingerprint density at radius 1 is 1.20 bits per heavy atom. The summed E-state index contributed by atoms with van der Waals surface area (Å²) in [6, 6.07) is 6.72. The highest BCUT2D eigenvalue weighted by molar-refractivity contribution is 7.83. The van der Waals surface area contributed by atoms with Crippen LogP contribution in [0.25, 0.3) is 0 Å². The van der Waals surface area contributed by atoms with Gasteiger partial charge in [0.05, 0.1) is 7.11 Å². The second-order valence-electron chi connectivity index (χ2n) is 3.07. The molecule has 0 spiro atoms. The normalized spacial score (nSPS) is 14.7. The van der Waals surface area contributed by atoms with Crippen molar-refractivity contribution in [2.75, 3.05) is 21.2 Å². The van der Waals surface area contributed by atoms with E-state index >= 15 is 0 Å². The van der Waals surface area contributed by atoms with Crippen LogP contribution in [0.5, 0.6) is 11.5 Å². The van der Waals surface area contributed by atoms with Crippen molar-refractivity contribution in [1.82, 2.24) is 4.67 Å². The largest absolute Gasteiger partial charge is 0.497 e. The summed E-state index contributed by atoms with van der Waals surface area (Å²) >= 11 is 5.71. The maximum Gasteiger partial charge on any atom is 0.411 e. The smallest absolute Gasteiger partial charge is 0.411 e. The van der Waals surface area contributed by atoms with Crippen LogP contribution in [0.4, 0.5) is 0 Å². The maximum atomic E-state index is 11.7. The van der Waals surface area contributed by atoms with Gasteiger partial charge in [-0.2, -0.15) is 0 Å². The fourth-order valence-corrected chi connectivity index (χ4v) is 1.63. The summed E-state index contributed by atoms with van der Waals surface area (Å²) in [4.78, 5) is 0. The van der Waals surface area contributed by atoms with Crippen molar-refractivity contribution in [2.45, 2.75) is 0 Å². The molecular formula is C9H13ClNO3P. The molecule has 0 saturated carbocycles. The third kappa shape index (κ3) is 3.42. The van der Waals surface area contributed by atoms with Crippen LogP contribution in [0.15, 0.2) is 24.3 Å². The molecule has 0 aliphatic heterocycles. The summed E-state index contributed by atoms with van der Waals surface area (Å²) in [5, 5.41) is 0. The van der Waals surface area contributed by atoms with E-state index in [-0.39, 0.29) is 0 Å². The molecule has 0 saturated heterocycles. The van der Waals surface area contributed by atoms with Gasteiger partial charge < -0.3 is 9.26 Å². The van der Waals surface area contributed by atoms with Gasteiger partial charge >= 0.3 is 6.87 Å². The molecule has 84 valence electrons. The topological polar surface area (TPSA) is 38.8 Å². The van der Waals surface area contributed by atoms with Crippen molar-refractivity contribution in [3.8, 4) is 11.5 Å². The van der Waals surface area contributed by atoms with Crippen LogP contribution < -0.4 is 9.26 Å². The van der Waals surface area contributed by atoms with Crippen LogP contribution in [0.3, 0.4) is 0 Å². The van der Waals surface area contributed by atoms with E-state index < -0.39 is 6.87 Å². The van der Waals surface area contributed by atoms with E-state index in [1.165, 1.54) is 4.67 Å². The van der Waals surface area contributed by atoms with Crippen LogP contribution >= 0.6 is 18.1 Å². The molecule has 0 amide bonds. The first kappa shape index (κ1) is 12.4. The predicted molar refractivity (Wildman–Crippen MR) is 60.8 cm³/mol. The van der Waals surface area contributed by atoms with Crippen molar-refractivity contribution in [1.29, 1.82) is 0 Å². The monoisotopic (exact) mass is 249 g/mol. The molecule has 15 heavy (non-hydrogen) atoms. The lowest BCUT2D eigenvalue weighted by molar-refractivity contribution is 0.412. The molecule has 0 aliphatic carbocycles. The molecule has 4 nitrogen and oxygen atoms in total. The van der Waals surface area contributed by atoms with Crippen molar-refractivity contribution in [3.63, 3.8) is 0 Å². The van der Waals surface area contributed by atoms with E-state index in [1.54, 1.807) is 45.5 Å². The molecule has 0 fully saturated rings. The lowest BCUT2D eigenvalue weighted by Crippen LogP contribution is -2.08. The molecule has 1 rings (SSSR count). The Kier molecular flexibility index (Phi) is 4.03. The zero-order valence-electron chi connectivity index (χ0n) is 8.81. The third-order valence-corrected chi connectivity index (χ3v) is 4.26. The predicted octanol–water partition coefficient (Wildman–Crippen LogP) is 2.98. The van der Waals surface area contributed by atoms with E-state index in [4.69, 9.17) is 20.5 Å². The zero-order valence-corrected chi connectivity index (χ0v) is 10.5. The Bertz CT molecular complexity index is 366. The van der Waals surface area contributed by atoms with Crippen LogP contribution in [-0.2, 0) is 4.57 Å². The van der Waals surface area contributed by atoms with Gasteiger partial charge in [0.1, 0.15) is 11.5 Å². The molecule has 0 N–H and O–H groups in total. The van der Waals surface area contributed by atoms with E-state index in [9.17, 15) is 4.57 Å². The molecule has 1 aromatic carbocycles. The van der Waals surface area contributed by atoms with Crippen molar-refractivity contribution >= 4 is 18.1 Å². The molecule has 0 heterocycles. The van der Waals surface area contributed by atoms with Gasteiger partial charge in [-0.05, 0) is 38.4 Å². The molecule has 1 aromatic rings. The molecular weight excluding hydrogens is 237 g/mol. The van der Waals surface area contributed by atoms with Crippen LogP contribution in [0, 0.1) is 0 Å². The maximum absolute atomic E-state index is 11.7. The highest BCUT2D eigenvalue weighted by Crippen LogP contribution is 2.53. The lowest BCUT2D eigenvalue weighted by atomic mass is 10.3. The molecule has 0 radical (unpaired) electrons. The van der Waals surface area contributed by atoms with Crippen molar-refractivity contribution < 1.29 is 13.8 Å². The van der Waals surface area contributed by atoms with Crippen molar-refractivity contribution in [2.24, 2.45) is 0 Å². The van der Waals surface area contributed by atoms with Crippen LogP contribution in [0.2, 0.25) is 0 Å². The summed E-state index contributed by atoms with van der Waals surface area (Å²) in [7, 11) is 4.76. The number of rotatable bonds is 4. The Balaban J connectivity index is 2.77. The van der Waals surface area contributed by atoms with E-state index in [0.717, 1.165) is 0 Å². The fraction of sp³-hybridized carbons (Fsp3) is 0.333. The Labute approximate surface area is 94.0 Å². The number of halogens is 1. The minimum Gasteiger partial charge on any atom is -0.497 e. The number of hydrogen-bond donors (Lipinski definition) is 0. The summed E-state index contributed by atoms with van der Waals surface area (Å²) in [5.74, 6) is 1.15. The van der Waals surface area contributed by atoms with Crippen LogP contribution in [0.1, 0.15) is 0 Å². The number of ether oxygens (including phenoxy) is 1. The SMILES string of the molecule is COc1ccc(O[P@@](=O)(Cl)N(C)C)cc1. The molecule has 6 heteroatoms. The van der Waals surface area contributed by atoms with E-state index in [2.05, 4.69) is 0 Å². The average molecular weight is 250 g/mol. The standard InChI is InChI=1S/C9H13ClNO3P/c1-11(2)15(10,12)14-9-6-4-8(13-3)5-7-9/h4-7H,1-3H3/t15-/m0/s1. The fourth-order valence-electron chi connectivity index (χ4n) is 0.848. The quantitative estimate of drug-likeness (QED) is 0.769. The summed E-state index contributed by atoms with van der Waals surface area (Å²) in [5.41, 5.74) is 0. The molecule has 0 bridgehead atoms. The first-order valence-electron chi connectivity index (χ1n) is 4.27. The van der Waals surface area contributed by atoms with Gasteiger partial charge in [-0.25, -0.2) is 9.24 Å². The molecule has 0 aliphatic rings. The Hall–Kier alpha value is -0.700. The lowest BCUT2D eigenvalue weighted by Gasteiger charge is -2.18. The molecule has 1 atom stereocenters. The summed E-state index contributed by atoms with van der Waals surface area (Å²) in [6.07, 6.45) is 0. The Morgan fingerprint density at radius 2 is 1.67 bits per heavy atom. The van der Waals surface area contributed by atoms with E-state index in [1.807, 2.05) is 0 Å². The second kappa shape index (κ2) is 4.88. The minimum atomic E-state index is -3.25. The number of benzene rings is 1. The minimum absolute atomic E-state index is 0.447. The van der Waals surface area contributed by atoms with Gasteiger partial charge in [0.2, 0.25) is 0 Å².